The molecular weight excluding hydrogens is 446 g/mol. The minimum absolute atomic E-state index is 0.132. The molecule has 1 aliphatic heterocycles. The number of nitrogens with one attached hydrogen (secondary N) is 1. The van der Waals surface area contributed by atoms with Crippen molar-refractivity contribution in [3.63, 3.8) is 0 Å². The molecule has 7 nitrogen and oxygen atoms in total. The molecule has 1 N–H and O–H groups in total. The molecule has 0 radical (unpaired) electrons. The number of hydrogen-bond donors (Lipinski definition) is 1. The number of carbonyl (C=O) groups is 1. The number of carbonyl (C=O) groups excluding carboxylic acids is 1. The summed E-state index contributed by atoms with van der Waals surface area (Å²) in [6.07, 6.45) is 1.17. The summed E-state index contributed by atoms with van der Waals surface area (Å²) in [4.78, 5) is 24.7. The molecule has 1 aromatic heterocycles. The Balaban J connectivity index is 1.72. The lowest BCUT2D eigenvalue weighted by Gasteiger charge is -2.38. The molecule has 0 unspecified atom stereocenters. The van der Waals surface area contributed by atoms with E-state index in [1.807, 2.05) is 79.1 Å². The van der Waals surface area contributed by atoms with E-state index >= 15 is 0 Å². The molecule has 1 amide bonds. The largest absolute Gasteiger partial charge is 0.444 e. The fourth-order valence-electron chi connectivity index (χ4n) is 3.32. The van der Waals surface area contributed by atoms with Crippen LogP contribution in [0.15, 0.2) is 60.8 Å². The van der Waals surface area contributed by atoms with Crippen LogP contribution in [-0.4, -0.2) is 26.8 Å². The van der Waals surface area contributed by atoms with E-state index in [0.29, 0.717) is 23.2 Å². The minimum Gasteiger partial charge on any atom is -0.444 e. The third kappa shape index (κ3) is 4.81. The first kappa shape index (κ1) is 22.0. The van der Waals surface area contributed by atoms with Gasteiger partial charge in [-0.3, -0.25) is 10.2 Å². The van der Waals surface area contributed by atoms with Gasteiger partial charge in [-0.25, -0.2) is 9.78 Å². The quantitative estimate of drug-likeness (QED) is 0.378. The number of nitrogens with zero attached hydrogens (tertiary/aromatic N) is 4. The summed E-state index contributed by atoms with van der Waals surface area (Å²) in [6, 6.07) is 17.2. The number of rotatable bonds is 3. The monoisotopic (exact) mass is 467 g/mol. The standard InChI is InChI=1S/C23H22ClN5O2S/c1-23(2,3)31-21(30)26-16-8-7-11-18(12-16)29-19-15(13-25-20(24)27-19)14-28(22(29)32)17-9-5-4-6-10-17/h4-13H,14H2,1-3H3,(H,26,30). The van der Waals surface area contributed by atoms with Crippen LogP contribution in [0.25, 0.3) is 0 Å². The Bertz CT molecular complexity index is 1170. The Morgan fingerprint density at radius 1 is 1.12 bits per heavy atom. The van der Waals surface area contributed by atoms with Gasteiger partial charge in [-0.15, -0.1) is 0 Å². The van der Waals surface area contributed by atoms with Crippen LogP contribution in [0, 0.1) is 0 Å². The first-order chi connectivity index (χ1) is 15.2. The molecule has 0 aliphatic carbocycles. The van der Waals surface area contributed by atoms with Crippen molar-refractivity contribution >= 4 is 57.9 Å². The summed E-state index contributed by atoms with van der Waals surface area (Å²) in [5.74, 6) is 0.608. The smallest absolute Gasteiger partial charge is 0.412 e. The van der Waals surface area contributed by atoms with E-state index in [-0.39, 0.29) is 5.28 Å². The summed E-state index contributed by atoms with van der Waals surface area (Å²) >= 11 is 12.0. The highest BCUT2D eigenvalue weighted by atomic mass is 35.5. The van der Waals surface area contributed by atoms with Crippen LogP contribution in [0.5, 0.6) is 0 Å². The Hall–Kier alpha value is -3.23. The molecule has 0 bridgehead atoms. The third-order valence-electron chi connectivity index (χ3n) is 4.59. The molecule has 0 saturated carbocycles. The lowest BCUT2D eigenvalue weighted by atomic mass is 10.1. The van der Waals surface area contributed by atoms with Gasteiger partial charge in [-0.1, -0.05) is 24.3 Å². The Morgan fingerprint density at radius 3 is 2.56 bits per heavy atom. The van der Waals surface area contributed by atoms with Gasteiger partial charge in [0, 0.05) is 23.1 Å². The number of benzene rings is 2. The normalized spacial score (nSPS) is 13.6. The van der Waals surface area contributed by atoms with Crippen LogP contribution in [-0.2, 0) is 11.3 Å². The molecule has 1 aliphatic rings. The van der Waals surface area contributed by atoms with Crippen LogP contribution < -0.4 is 15.1 Å². The van der Waals surface area contributed by atoms with E-state index < -0.39 is 11.7 Å². The van der Waals surface area contributed by atoms with Crippen molar-refractivity contribution in [1.29, 1.82) is 0 Å². The van der Waals surface area contributed by atoms with Gasteiger partial charge in [0.1, 0.15) is 11.4 Å². The molecule has 164 valence electrons. The van der Waals surface area contributed by atoms with Gasteiger partial charge in [-0.05, 0) is 74.9 Å². The van der Waals surface area contributed by atoms with Crippen LogP contribution in [0.2, 0.25) is 5.28 Å². The number of ether oxygens (including phenoxy) is 1. The van der Waals surface area contributed by atoms with Gasteiger partial charge in [0.05, 0.1) is 12.2 Å². The molecule has 0 saturated heterocycles. The number of anilines is 4. The van der Waals surface area contributed by atoms with Crippen molar-refractivity contribution in [2.45, 2.75) is 32.9 Å². The highest BCUT2D eigenvalue weighted by molar-refractivity contribution is 7.80. The fourth-order valence-corrected chi connectivity index (χ4v) is 3.81. The van der Waals surface area contributed by atoms with Crippen LogP contribution in [0.3, 0.4) is 0 Å². The summed E-state index contributed by atoms with van der Waals surface area (Å²) in [5.41, 5.74) is 2.51. The van der Waals surface area contributed by atoms with Crippen molar-refractivity contribution in [1.82, 2.24) is 9.97 Å². The zero-order valence-corrected chi connectivity index (χ0v) is 19.4. The van der Waals surface area contributed by atoms with E-state index in [1.165, 1.54) is 0 Å². The predicted octanol–water partition coefficient (Wildman–Crippen LogP) is 5.92. The second-order valence-electron chi connectivity index (χ2n) is 8.20. The highest BCUT2D eigenvalue weighted by Crippen LogP contribution is 2.36. The van der Waals surface area contributed by atoms with Crippen molar-refractivity contribution < 1.29 is 9.53 Å². The summed E-state index contributed by atoms with van der Waals surface area (Å²) in [7, 11) is 0. The fraction of sp³-hybridized carbons (Fsp3) is 0.217. The van der Waals surface area contributed by atoms with Crippen molar-refractivity contribution in [3.8, 4) is 0 Å². The zero-order valence-electron chi connectivity index (χ0n) is 17.9. The molecule has 0 atom stereocenters. The Labute approximate surface area is 197 Å². The van der Waals surface area contributed by atoms with E-state index in [1.54, 1.807) is 12.3 Å². The molecule has 0 spiro atoms. The Kier molecular flexibility index (Phi) is 5.99. The van der Waals surface area contributed by atoms with Gasteiger partial charge in [0.25, 0.3) is 0 Å². The minimum atomic E-state index is -0.598. The predicted molar refractivity (Wildman–Crippen MR) is 131 cm³/mol. The summed E-state index contributed by atoms with van der Waals surface area (Å²) in [6.45, 7) is 5.96. The number of amides is 1. The molecule has 9 heteroatoms. The molecular formula is C23H22ClN5O2S. The maximum Gasteiger partial charge on any atom is 0.412 e. The van der Waals surface area contributed by atoms with E-state index in [2.05, 4.69) is 15.3 Å². The lowest BCUT2D eigenvalue weighted by molar-refractivity contribution is 0.0636. The molecule has 32 heavy (non-hydrogen) atoms. The van der Waals surface area contributed by atoms with Gasteiger partial charge in [0.2, 0.25) is 5.28 Å². The molecule has 0 fully saturated rings. The van der Waals surface area contributed by atoms with Crippen molar-refractivity contribution in [3.05, 3.63) is 71.6 Å². The molecule has 2 aromatic carbocycles. The van der Waals surface area contributed by atoms with Gasteiger partial charge in [-0.2, -0.15) is 4.98 Å². The second-order valence-corrected chi connectivity index (χ2v) is 8.91. The van der Waals surface area contributed by atoms with Crippen molar-refractivity contribution in [2.75, 3.05) is 15.1 Å². The Morgan fingerprint density at radius 2 is 1.84 bits per heavy atom. The second kappa shape index (κ2) is 8.72. The number of hydrogen-bond acceptors (Lipinski definition) is 5. The first-order valence-corrected chi connectivity index (χ1v) is 10.8. The molecule has 4 rings (SSSR count). The third-order valence-corrected chi connectivity index (χ3v) is 5.18. The summed E-state index contributed by atoms with van der Waals surface area (Å²) in [5, 5.41) is 3.43. The van der Waals surface area contributed by atoms with E-state index in [0.717, 1.165) is 16.9 Å². The number of thiocarbonyl (C=S) groups is 1. The van der Waals surface area contributed by atoms with Crippen molar-refractivity contribution in [2.24, 2.45) is 0 Å². The van der Waals surface area contributed by atoms with Gasteiger partial charge < -0.3 is 9.64 Å². The van der Waals surface area contributed by atoms with Crippen LogP contribution in [0.1, 0.15) is 26.3 Å². The topological polar surface area (TPSA) is 70.6 Å². The number of halogens is 1. The molecule has 2 heterocycles. The first-order valence-electron chi connectivity index (χ1n) is 9.99. The zero-order chi connectivity index (χ0) is 22.9. The molecule has 3 aromatic rings. The maximum absolute atomic E-state index is 12.2. The number of para-hydroxylation sites is 1. The highest BCUT2D eigenvalue weighted by Gasteiger charge is 2.31. The average Bonchev–Trinajstić information content (AvgIpc) is 2.72. The van der Waals surface area contributed by atoms with Crippen LogP contribution >= 0.6 is 23.8 Å². The maximum atomic E-state index is 12.2. The van der Waals surface area contributed by atoms with E-state index in [9.17, 15) is 4.79 Å². The lowest BCUT2D eigenvalue weighted by Crippen LogP contribution is -2.45. The summed E-state index contributed by atoms with van der Waals surface area (Å²) < 4.78 is 5.36. The number of aromatic nitrogens is 2. The average molecular weight is 468 g/mol. The van der Waals surface area contributed by atoms with Gasteiger partial charge in [0.15, 0.2) is 5.11 Å². The SMILES string of the molecule is CC(C)(C)OC(=O)Nc1cccc(N2C(=S)N(c3ccccc3)Cc3cnc(Cl)nc32)c1. The number of fused-ring (bicyclic) bond motifs is 1. The van der Waals surface area contributed by atoms with Gasteiger partial charge >= 0.3 is 6.09 Å². The van der Waals surface area contributed by atoms with E-state index in [4.69, 9.17) is 28.6 Å². The van der Waals surface area contributed by atoms with Crippen LogP contribution in [0.4, 0.5) is 27.7 Å².